The van der Waals surface area contributed by atoms with Crippen molar-refractivity contribution in [1.82, 2.24) is 4.90 Å². The number of aliphatic hydroxyl groups is 1. The SMILES string of the molecule is CC[C@@H](O)[C@H](C)C(=O)N1C(=S)SC[C@@H]1Cc1ccccc1. The maximum absolute atomic E-state index is 12.6. The van der Waals surface area contributed by atoms with Gasteiger partial charge in [-0.1, -0.05) is 68.2 Å². The lowest BCUT2D eigenvalue weighted by molar-refractivity contribution is -0.135. The number of nitrogens with zero attached hydrogens (tertiary/aromatic N) is 1. The third-order valence-corrected chi connectivity index (χ3v) is 5.44. The van der Waals surface area contributed by atoms with Crippen LogP contribution < -0.4 is 0 Å². The number of hydrogen-bond acceptors (Lipinski definition) is 4. The summed E-state index contributed by atoms with van der Waals surface area (Å²) in [6.07, 6.45) is 0.766. The van der Waals surface area contributed by atoms with Gasteiger partial charge in [0.25, 0.3) is 0 Å². The van der Waals surface area contributed by atoms with E-state index in [0.717, 1.165) is 12.2 Å². The topological polar surface area (TPSA) is 40.5 Å². The molecular weight excluding hydrogens is 302 g/mol. The van der Waals surface area contributed by atoms with Crippen LogP contribution in [0.4, 0.5) is 0 Å². The van der Waals surface area contributed by atoms with E-state index in [2.05, 4.69) is 12.1 Å². The first kappa shape index (κ1) is 16.5. The zero-order valence-corrected chi connectivity index (χ0v) is 14.0. The minimum atomic E-state index is -0.608. The molecule has 1 aromatic carbocycles. The van der Waals surface area contributed by atoms with Gasteiger partial charge < -0.3 is 5.11 Å². The van der Waals surface area contributed by atoms with Crippen LogP contribution >= 0.6 is 24.0 Å². The first-order valence-corrected chi connectivity index (χ1v) is 8.65. The number of carbonyl (C=O) groups is 1. The normalized spacial score (nSPS) is 21.4. The number of thioether (sulfide) groups is 1. The second kappa shape index (κ2) is 7.38. The molecule has 5 heteroatoms. The Morgan fingerprint density at radius 1 is 1.48 bits per heavy atom. The van der Waals surface area contributed by atoms with Crippen LogP contribution in [0.5, 0.6) is 0 Å². The molecule has 3 nitrogen and oxygen atoms in total. The molecular formula is C16H21NO2S2. The van der Waals surface area contributed by atoms with Crippen LogP contribution in [-0.2, 0) is 11.2 Å². The Labute approximate surface area is 135 Å². The molecule has 2 rings (SSSR count). The Kier molecular flexibility index (Phi) is 5.79. The fourth-order valence-electron chi connectivity index (χ4n) is 2.50. The summed E-state index contributed by atoms with van der Waals surface area (Å²) < 4.78 is 0.635. The first-order valence-electron chi connectivity index (χ1n) is 7.26. The van der Waals surface area contributed by atoms with E-state index in [1.807, 2.05) is 25.1 Å². The summed E-state index contributed by atoms with van der Waals surface area (Å²) in [4.78, 5) is 14.3. The van der Waals surface area contributed by atoms with Gasteiger partial charge in [0.1, 0.15) is 4.32 Å². The molecule has 0 bridgehead atoms. The highest BCUT2D eigenvalue weighted by atomic mass is 32.2. The van der Waals surface area contributed by atoms with Gasteiger partial charge in [0.2, 0.25) is 5.91 Å². The minimum Gasteiger partial charge on any atom is -0.392 e. The van der Waals surface area contributed by atoms with Crippen molar-refractivity contribution in [3.8, 4) is 0 Å². The molecule has 0 saturated carbocycles. The maximum Gasteiger partial charge on any atom is 0.233 e. The van der Waals surface area contributed by atoms with E-state index in [-0.39, 0.29) is 11.9 Å². The Morgan fingerprint density at radius 3 is 2.76 bits per heavy atom. The summed E-state index contributed by atoms with van der Waals surface area (Å²) in [6.45, 7) is 3.66. The van der Waals surface area contributed by atoms with E-state index < -0.39 is 12.0 Å². The molecule has 21 heavy (non-hydrogen) atoms. The molecule has 1 aliphatic heterocycles. The summed E-state index contributed by atoms with van der Waals surface area (Å²) in [5.41, 5.74) is 1.20. The highest BCUT2D eigenvalue weighted by molar-refractivity contribution is 8.23. The quantitative estimate of drug-likeness (QED) is 0.846. The van der Waals surface area contributed by atoms with E-state index in [1.165, 1.54) is 5.56 Å². The van der Waals surface area contributed by atoms with E-state index in [1.54, 1.807) is 23.6 Å². The molecule has 1 saturated heterocycles. The van der Waals surface area contributed by atoms with Gasteiger partial charge in [-0.3, -0.25) is 9.69 Å². The Balaban J connectivity index is 2.11. The maximum atomic E-state index is 12.6. The first-order chi connectivity index (χ1) is 10.0. The van der Waals surface area contributed by atoms with Crippen molar-refractivity contribution in [2.24, 2.45) is 5.92 Å². The van der Waals surface area contributed by atoms with Gasteiger partial charge >= 0.3 is 0 Å². The van der Waals surface area contributed by atoms with Crippen molar-refractivity contribution in [2.75, 3.05) is 5.75 Å². The molecule has 1 amide bonds. The average Bonchev–Trinajstić information content (AvgIpc) is 2.86. The van der Waals surface area contributed by atoms with Crippen LogP contribution in [0.3, 0.4) is 0 Å². The summed E-state index contributed by atoms with van der Waals surface area (Å²) in [5.74, 6) is 0.360. The molecule has 0 aliphatic carbocycles. The molecule has 0 spiro atoms. The summed E-state index contributed by atoms with van der Waals surface area (Å²) in [7, 11) is 0. The van der Waals surface area contributed by atoms with Gasteiger partial charge in [0, 0.05) is 5.75 Å². The Hall–Kier alpha value is -0.910. The molecule has 0 aromatic heterocycles. The van der Waals surface area contributed by atoms with E-state index in [9.17, 15) is 9.90 Å². The number of thiocarbonyl (C=S) groups is 1. The summed E-state index contributed by atoms with van der Waals surface area (Å²) in [5, 5.41) is 9.92. The summed E-state index contributed by atoms with van der Waals surface area (Å²) >= 11 is 6.89. The van der Waals surface area contributed by atoms with Crippen molar-refractivity contribution < 1.29 is 9.90 Å². The van der Waals surface area contributed by atoms with Crippen LogP contribution in [0.2, 0.25) is 0 Å². The monoisotopic (exact) mass is 323 g/mol. The van der Waals surface area contributed by atoms with Crippen molar-refractivity contribution in [1.29, 1.82) is 0 Å². The molecule has 3 atom stereocenters. The lowest BCUT2D eigenvalue weighted by atomic mass is 9.99. The van der Waals surface area contributed by atoms with Gasteiger partial charge in [-0.25, -0.2) is 0 Å². The second-order valence-electron chi connectivity index (χ2n) is 5.39. The molecule has 1 heterocycles. The number of hydrogen-bond donors (Lipinski definition) is 1. The fraction of sp³-hybridized carbons (Fsp3) is 0.500. The van der Waals surface area contributed by atoms with Gasteiger partial charge in [-0.2, -0.15) is 0 Å². The van der Waals surface area contributed by atoms with Crippen molar-refractivity contribution in [2.45, 2.75) is 38.8 Å². The van der Waals surface area contributed by atoms with Crippen LogP contribution in [-0.4, -0.2) is 38.1 Å². The van der Waals surface area contributed by atoms with Crippen LogP contribution in [0.15, 0.2) is 30.3 Å². The Morgan fingerprint density at radius 2 is 2.14 bits per heavy atom. The highest BCUT2D eigenvalue weighted by Crippen LogP contribution is 2.29. The predicted molar refractivity (Wildman–Crippen MR) is 91.3 cm³/mol. The predicted octanol–water partition coefficient (Wildman–Crippen LogP) is 2.87. The number of amides is 1. The minimum absolute atomic E-state index is 0.0553. The molecule has 1 aromatic rings. The van der Waals surface area contributed by atoms with Gasteiger partial charge in [0.15, 0.2) is 0 Å². The number of carbonyl (C=O) groups excluding carboxylic acids is 1. The molecule has 0 unspecified atom stereocenters. The smallest absolute Gasteiger partial charge is 0.233 e. The van der Waals surface area contributed by atoms with E-state index >= 15 is 0 Å². The van der Waals surface area contributed by atoms with Crippen molar-refractivity contribution >= 4 is 34.2 Å². The van der Waals surface area contributed by atoms with Crippen LogP contribution in [0.25, 0.3) is 0 Å². The number of benzene rings is 1. The Bertz CT molecular complexity index is 506. The molecule has 0 radical (unpaired) electrons. The van der Waals surface area contributed by atoms with E-state index in [4.69, 9.17) is 12.2 Å². The fourth-order valence-corrected chi connectivity index (χ4v) is 3.93. The van der Waals surface area contributed by atoms with Crippen LogP contribution in [0, 0.1) is 5.92 Å². The number of rotatable bonds is 5. The average molecular weight is 323 g/mol. The lowest BCUT2D eigenvalue weighted by Gasteiger charge is -2.28. The van der Waals surface area contributed by atoms with Crippen molar-refractivity contribution in [3.63, 3.8) is 0 Å². The summed E-state index contributed by atoms with van der Waals surface area (Å²) in [6, 6.07) is 10.2. The van der Waals surface area contributed by atoms with E-state index in [0.29, 0.717) is 10.7 Å². The van der Waals surface area contributed by atoms with Gasteiger partial charge in [-0.15, -0.1) is 0 Å². The highest BCUT2D eigenvalue weighted by Gasteiger charge is 2.37. The lowest BCUT2D eigenvalue weighted by Crippen LogP contribution is -2.45. The zero-order chi connectivity index (χ0) is 15.4. The van der Waals surface area contributed by atoms with Gasteiger partial charge in [-0.05, 0) is 18.4 Å². The standard InChI is InChI=1S/C16H21NO2S2/c1-3-14(18)11(2)15(19)17-13(10-21-16(17)20)9-12-7-5-4-6-8-12/h4-8,11,13-14,18H,3,9-10H2,1-2H3/t11-,13-,14+/m0/s1. The third-order valence-electron chi connectivity index (χ3n) is 3.90. The molecule has 1 N–H and O–H groups in total. The van der Waals surface area contributed by atoms with Gasteiger partial charge in [0.05, 0.1) is 18.1 Å². The molecule has 1 fully saturated rings. The zero-order valence-electron chi connectivity index (χ0n) is 12.4. The largest absolute Gasteiger partial charge is 0.392 e. The van der Waals surface area contributed by atoms with Crippen molar-refractivity contribution in [3.05, 3.63) is 35.9 Å². The third kappa shape index (κ3) is 3.84. The number of aliphatic hydroxyl groups excluding tert-OH is 1. The van der Waals surface area contributed by atoms with Crippen LogP contribution in [0.1, 0.15) is 25.8 Å². The molecule has 114 valence electrons. The molecule has 1 aliphatic rings. The second-order valence-corrected chi connectivity index (χ2v) is 7.05.